The lowest BCUT2D eigenvalue weighted by molar-refractivity contribution is -0.143. The predicted molar refractivity (Wildman–Crippen MR) is 67.0 cm³/mol. The van der Waals surface area contributed by atoms with Gasteiger partial charge in [-0.05, 0) is 19.3 Å². The van der Waals surface area contributed by atoms with Gasteiger partial charge in [-0.3, -0.25) is 4.79 Å². The molecule has 0 fully saturated rings. The van der Waals surface area contributed by atoms with Crippen LogP contribution >= 0.6 is 0 Å². The van der Waals surface area contributed by atoms with Crippen molar-refractivity contribution in [1.29, 1.82) is 0 Å². The van der Waals surface area contributed by atoms with Gasteiger partial charge >= 0.3 is 5.97 Å². The van der Waals surface area contributed by atoms with E-state index < -0.39 is 0 Å². The molecular formula is C14H24O2. The van der Waals surface area contributed by atoms with E-state index in [-0.39, 0.29) is 5.97 Å². The highest BCUT2D eigenvalue weighted by Gasteiger charge is 2.00. The van der Waals surface area contributed by atoms with E-state index in [0.29, 0.717) is 13.0 Å². The summed E-state index contributed by atoms with van der Waals surface area (Å²) in [6.07, 6.45) is 14.4. The Kier molecular flexibility index (Phi) is 11.4. The van der Waals surface area contributed by atoms with Crippen molar-refractivity contribution in [3.63, 3.8) is 0 Å². The topological polar surface area (TPSA) is 26.3 Å². The number of carbonyl (C=O) groups is 1. The van der Waals surface area contributed by atoms with Gasteiger partial charge in [0, 0.05) is 12.8 Å². The van der Waals surface area contributed by atoms with E-state index in [0.717, 1.165) is 32.1 Å². The molecule has 0 aliphatic carbocycles. The number of ether oxygens (including phenoxy) is 1. The molecule has 0 aromatic heterocycles. The minimum absolute atomic E-state index is 0.0471. The smallest absolute Gasteiger partial charge is 0.305 e. The molecule has 2 heteroatoms. The number of esters is 1. The minimum atomic E-state index is -0.0471. The molecule has 0 bridgehead atoms. The fourth-order valence-electron chi connectivity index (χ4n) is 1.49. The second-order valence-electron chi connectivity index (χ2n) is 4.05. The van der Waals surface area contributed by atoms with Gasteiger partial charge in [0.25, 0.3) is 0 Å². The molecule has 0 heterocycles. The molecule has 0 radical (unpaired) electrons. The Hall–Kier alpha value is -0.970. The van der Waals surface area contributed by atoms with Crippen LogP contribution in [-0.4, -0.2) is 12.6 Å². The van der Waals surface area contributed by atoms with E-state index in [1.165, 1.54) is 19.3 Å². The van der Waals surface area contributed by atoms with Gasteiger partial charge in [-0.2, -0.15) is 0 Å². The fourth-order valence-corrected chi connectivity index (χ4v) is 1.49. The van der Waals surface area contributed by atoms with Crippen LogP contribution in [0.4, 0.5) is 0 Å². The molecule has 2 nitrogen and oxygen atoms in total. The number of unbranched alkanes of at least 4 members (excludes halogenated alkanes) is 6. The first kappa shape index (κ1) is 15.0. The average Bonchev–Trinajstić information content (AvgIpc) is 2.30. The molecule has 0 saturated heterocycles. The number of carbonyl (C=O) groups excluding carboxylic acids is 1. The molecule has 0 aromatic carbocycles. The Bertz CT molecular complexity index is 203. The molecule has 0 N–H and O–H groups in total. The van der Waals surface area contributed by atoms with E-state index in [4.69, 9.17) is 11.2 Å². The molecule has 0 saturated carbocycles. The summed E-state index contributed by atoms with van der Waals surface area (Å²) >= 11 is 0. The maximum absolute atomic E-state index is 11.1. The number of hydrogen-bond acceptors (Lipinski definition) is 2. The monoisotopic (exact) mass is 224 g/mol. The molecule has 92 valence electrons. The SMILES string of the molecule is C#CCCCCCCCCC(=O)OCCC. The van der Waals surface area contributed by atoms with E-state index in [9.17, 15) is 4.79 Å². The summed E-state index contributed by atoms with van der Waals surface area (Å²) in [5.41, 5.74) is 0. The Labute approximate surface area is 99.8 Å². The van der Waals surface area contributed by atoms with Crippen molar-refractivity contribution in [2.45, 2.75) is 64.7 Å². The highest BCUT2D eigenvalue weighted by molar-refractivity contribution is 5.69. The van der Waals surface area contributed by atoms with Crippen LogP contribution in [0.2, 0.25) is 0 Å². The first-order chi connectivity index (χ1) is 7.81. The number of hydrogen-bond donors (Lipinski definition) is 0. The number of rotatable bonds is 10. The van der Waals surface area contributed by atoms with Crippen molar-refractivity contribution in [2.24, 2.45) is 0 Å². The first-order valence-electron chi connectivity index (χ1n) is 6.40. The Balaban J connectivity index is 3.09. The van der Waals surface area contributed by atoms with Gasteiger partial charge in [-0.15, -0.1) is 12.3 Å². The van der Waals surface area contributed by atoms with Gasteiger partial charge in [0.1, 0.15) is 0 Å². The third kappa shape index (κ3) is 11.1. The summed E-state index contributed by atoms with van der Waals surface area (Å²) in [6, 6.07) is 0. The summed E-state index contributed by atoms with van der Waals surface area (Å²) in [5, 5.41) is 0. The third-order valence-electron chi connectivity index (χ3n) is 2.42. The molecular weight excluding hydrogens is 200 g/mol. The standard InChI is InChI=1S/C14H24O2/c1-3-5-6-7-8-9-10-11-12-14(15)16-13-4-2/h1H,4-13H2,2H3. The summed E-state index contributed by atoms with van der Waals surface area (Å²) in [5.74, 6) is 2.60. The van der Waals surface area contributed by atoms with Gasteiger partial charge in [0.05, 0.1) is 6.61 Å². The molecule has 0 aromatic rings. The van der Waals surface area contributed by atoms with E-state index in [2.05, 4.69) is 5.92 Å². The van der Waals surface area contributed by atoms with Gasteiger partial charge < -0.3 is 4.74 Å². The number of terminal acetylenes is 1. The predicted octanol–water partition coefficient (Wildman–Crippen LogP) is 3.69. The van der Waals surface area contributed by atoms with E-state index in [1.807, 2.05) is 6.92 Å². The van der Waals surface area contributed by atoms with Gasteiger partial charge in [-0.25, -0.2) is 0 Å². The van der Waals surface area contributed by atoms with Gasteiger partial charge in [-0.1, -0.05) is 32.6 Å². The molecule has 0 unspecified atom stereocenters. The summed E-state index contributed by atoms with van der Waals surface area (Å²) in [7, 11) is 0. The van der Waals surface area contributed by atoms with Crippen LogP contribution in [0, 0.1) is 12.3 Å². The lowest BCUT2D eigenvalue weighted by atomic mass is 10.1. The van der Waals surface area contributed by atoms with Crippen molar-refractivity contribution in [3.05, 3.63) is 0 Å². The first-order valence-corrected chi connectivity index (χ1v) is 6.40. The van der Waals surface area contributed by atoms with Crippen LogP contribution < -0.4 is 0 Å². The van der Waals surface area contributed by atoms with Gasteiger partial charge in [0.15, 0.2) is 0 Å². The molecule has 0 aliphatic heterocycles. The van der Waals surface area contributed by atoms with Crippen molar-refractivity contribution in [3.8, 4) is 12.3 Å². The van der Waals surface area contributed by atoms with Crippen LogP contribution in [0.15, 0.2) is 0 Å². The highest BCUT2D eigenvalue weighted by atomic mass is 16.5. The lowest BCUT2D eigenvalue weighted by Gasteiger charge is -2.02. The molecule has 0 amide bonds. The zero-order valence-electron chi connectivity index (χ0n) is 10.5. The maximum atomic E-state index is 11.1. The zero-order valence-corrected chi connectivity index (χ0v) is 10.5. The van der Waals surface area contributed by atoms with Crippen LogP contribution in [-0.2, 0) is 9.53 Å². The Morgan fingerprint density at radius 3 is 2.38 bits per heavy atom. The lowest BCUT2D eigenvalue weighted by Crippen LogP contribution is -2.04. The zero-order chi connectivity index (χ0) is 12.1. The third-order valence-corrected chi connectivity index (χ3v) is 2.42. The van der Waals surface area contributed by atoms with Crippen LogP contribution in [0.1, 0.15) is 64.7 Å². The maximum Gasteiger partial charge on any atom is 0.305 e. The second-order valence-corrected chi connectivity index (χ2v) is 4.05. The molecule has 0 atom stereocenters. The largest absolute Gasteiger partial charge is 0.466 e. The van der Waals surface area contributed by atoms with E-state index in [1.54, 1.807) is 0 Å². The Morgan fingerprint density at radius 1 is 1.12 bits per heavy atom. The normalized spacial score (nSPS) is 9.75. The Morgan fingerprint density at radius 2 is 1.75 bits per heavy atom. The van der Waals surface area contributed by atoms with Crippen molar-refractivity contribution < 1.29 is 9.53 Å². The molecule has 16 heavy (non-hydrogen) atoms. The van der Waals surface area contributed by atoms with Crippen molar-refractivity contribution >= 4 is 5.97 Å². The molecule has 0 rings (SSSR count). The summed E-state index contributed by atoms with van der Waals surface area (Å²) in [6.45, 7) is 2.56. The minimum Gasteiger partial charge on any atom is -0.466 e. The van der Waals surface area contributed by atoms with E-state index >= 15 is 0 Å². The summed E-state index contributed by atoms with van der Waals surface area (Å²) in [4.78, 5) is 11.1. The van der Waals surface area contributed by atoms with Crippen LogP contribution in [0.5, 0.6) is 0 Å². The second kappa shape index (κ2) is 12.1. The molecule has 0 spiro atoms. The van der Waals surface area contributed by atoms with Crippen molar-refractivity contribution in [1.82, 2.24) is 0 Å². The average molecular weight is 224 g/mol. The van der Waals surface area contributed by atoms with Crippen LogP contribution in [0.25, 0.3) is 0 Å². The van der Waals surface area contributed by atoms with Crippen molar-refractivity contribution in [2.75, 3.05) is 6.61 Å². The summed E-state index contributed by atoms with van der Waals surface area (Å²) < 4.78 is 4.99. The highest BCUT2D eigenvalue weighted by Crippen LogP contribution is 2.08. The van der Waals surface area contributed by atoms with Gasteiger partial charge in [0.2, 0.25) is 0 Å². The van der Waals surface area contributed by atoms with Crippen LogP contribution in [0.3, 0.4) is 0 Å². The quantitative estimate of drug-likeness (QED) is 0.321. The molecule has 0 aliphatic rings. The fraction of sp³-hybridized carbons (Fsp3) is 0.786.